The van der Waals surface area contributed by atoms with Gasteiger partial charge in [0.15, 0.2) is 5.96 Å². The summed E-state index contributed by atoms with van der Waals surface area (Å²) in [5.41, 5.74) is 0. The fourth-order valence-electron chi connectivity index (χ4n) is 3.72. The molecule has 1 unspecified atom stereocenters. The number of aliphatic imine (C=N–C) groups is 1. The molecule has 1 amide bonds. The standard InChI is InChI=1S/C21H32N4O3/c1-17(28-19-6-4-3-5-7-19)16-23-21(22-2)25-10-8-18(9-11-25)20(26)24-12-14-27-15-13-24/h3-7,17-18H,8-16H2,1-2H3,(H,22,23). The number of hydrogen-bond donors (Lipinski definition) is 1. The lowest BCUT2D eigenvalue weighted by atomic mass is 9.95. The van der Waals surface area contributed by atoms with Crippen molar-refractivity contribution in [3.63, 3.8) is 0 Å². The van der Waals surface area contributed by atoms with Crippen LogP contribution in [0, 0.1) is 5.92 Å². The van der Waals surface area contributed by atoms with E-state index >= 15 is 0 Å². The van der Waals surface area contributed by atoms with Gasteiger partial charge in [-0.3, -0.25) is 9.79 Å². The van der Waals surface area contributed by atoms with Crippen LogP contribution in [0.5, 0.6) is 5.75 Å². The SMILES string of the molecule is CN=C(NCC(C)Oc1ccccc1)N1CCC(C(=O)N2CCOCC2)CC1. The van der Waals surface area contributed by atoms with Gasteiger partial charge in [-0.2, -0.15) is 0 Å². The third-order valence-electron chi connectivity index (χ3n) is 5.31. The molecular weight excluding hydrogens is 356 g/mol. The van der Waals surface area contributed by atoms with Crippen molar-refractivity contribution >= 4 is 11.9 Å². The van der Waals surface area contributed by atoms with Crippen molar-refractivity contribution in [2.45, 2.75) is 25.9 Å². The minimum atomic E-state index is 0.0274. The maximum Gasteiger partial charge on any atom is 0.225 e. The van der Waals surface area contributed by atoms with Gasteiger partial charge in [0.25, 0.3) is 0 Å². The van der Waals surface area contributed by atoms with E-state index in [2.05, 4.69) is 15.2 Å². The van der Waals surface area contributed by atoms with E-state index in [-0.39, 0.29) is 17.9 Å². The van der Waals surface area contributed by atoms with Gasteiger partial charge < -0.3 is 24.6 Å². The summed E-state index contributed by atoms with van der Waals surface area (Å²) >= 11 is 0. The van der Waals surface area contributed by atoms with Crippen molar-refractivity contribution in [3.8, 4) is 5.75 Å². The first kappa shape index (κ1) is 20.5. The number of nitrogens with zero attached hydrogens (tertiary/aromatic N) is 3. The summed E-state index contributed by atoms with van der Waals surface area (Å²) < 4.78 is 11.3. The first-order valence-electron chi connectivity index (χ1n) is 10.2. The Bertz CT molecular complexity index is 638. The van der Waals surface area contributed by atoms with Crippen molar-refractivity contribution < 1.29 is 14.3 Å². The van der Waals surface area contributed by atoms with E-state index in [1.165, 1.54) is 0 Å². The third kappa shape index (κ3) is 5.61. The minimum Gasteiger partial charge on any atom is -0.489 e. The van der Waals surface area contributed by atoms with Crippen LogP contribution < -0.4 is 10.1 Å². The van der Waals surface area contributed by atoms with Crippen LogP contribution in [0.4, 0.5) is 0 Å². The molecule has 2 fully saturated rings. The lowest BCUT2D eigenvalue weighted by Gasteiger charge is -2.37. The number of piperidine rings is 1. The predicted octanol–water partition coefficient (Wildman–Crippen LogP) is 1.60. The highest BCUT2D eigenvalue weighted by Gasteiger charge is 2.30. The Balaban J connectivity index is 1.42. The lowest BCUT2D eigenvalue weighted by Crippen LogP contribution is -2.50. The largest absolute Gasteiger partial charge is 0.489 e. The maximum atomic E-state index is 12.7. The molecule has 154 valence electrons. The maximum absolute atomic E-state index is 12.7. The highest BCUT2D eigenvalue weighted by Crippen LogP contribution is 2.20. The number of carbonyl (C=O) groups excluding carboxylic acids is 1. The number of ether oxygens (including phenoxy) is 2. The molecule has 28 heavy (non-hydrogen) atoms. The van der Waals surface area contributed by atoms with Gasteiger partial charge in [0.2, 0.25) is 5.91 Å². The number of para-hydroxylation sites is 1. The van der Waals surface area contributed by atoms with E-state index in [1.54, 1.807) is 7.05 Å². The molecule has 1 atom stereocenters. The summed E-state index contributed by atoms with van der Waals surface area (Å²) in [6, 6.07) is 9.84. The second-order valence-electron chi connectivity index (χ2n) is 7.37. The fraction of sp³-hybridized carbons (Fsp3) is 0.619. The van der Waals surface area contributed by atoms with Gasteiger partial charge in [0.1, 0.15) is 11.9 Å². The van der Waals surface area contributed by atoms with Gasteiger partial charge in [-0.15, -0.1) is 0 Å². The topological polar surface area (TPSA) is 66.4 Å². The third-order valence-corrected chi connectivity index (χ3v) is 5.31. The summed E-state index contributed by atoms with van der Waals surface area (Å²) in [4.78, 5) is 21.3. The summed E-state index contributed by atoms with van der Waals surface area (Å²) in [5, 5.41) is 3.41. The summed E-state index contributed by atoms with van der Waals surface area (Å²) in [6.45, 7) is 7.16. The first-order valence-corrected chi connectivity index (χ1v) is 10.2. The van der Waals surface area contributed by atoms with Gasteiger partial charge in [-0.25, -0.2) is 0 Å². The lowest BCUT2D eigenvalue weighted by molar-refractivity contribution is -0.140. The van der Waals surface area contributed by atoms with Gasteiger partial charge >= 0.3 is 0 Å². The molecule has 0 spiro atoms. The molecule has 0 saturated carbocycles. The number of guanidine groups is 1. The van der Waals surface area contributed by atoms with Crippen LogP contribution in [0.2, 0.25) is 0 Å². The monoisotopic (exact) mass is 388 g/mol. The van der Waals surface area contributed by atoms with E-state index in [0.29, 0.717) is 19.8 Å². The molecule has 3 rings (SSSR count). The van der Waals surface area contributed by atoms with Crippen LogP contribution in [0.3, 0.4) is 0 Å². The minimum absolute atomic E-state index is 0.0274. The van der Waals surface area contributed by atoms with Crippen LogP contribution >= 0.6 is 0 Å². The number of hydrogen-bond acceptors (Lipinski definition) is 4. The second kappa shape index (κ2) is 10.3. The van der Waals surface area contributed by atoms with E-state index in [1.807, 2.05) is 42.2 Å². The van der Waals surface area contributed by atoms with E-state index in [9.17, 15) is 4.79 Å². The molecule has 1 aromatic carbocycles. The predicted molar refractivity (Wildman–Crippen MR) is 110 cm³/mol. The van der Waals surface area contributed by atoms with Crippen molar-refractivity contribution in [2.75, 3.05) is 53.0 Å². The van der Waals surface area contributed by atoms with Crippen LogP contribution in [0.25, 0.3) is 0 Å². The zero-order valence-corrected chi connectivity index (χ0v) is 17.0. The summed E-state index contributed by atoms with van der Waals surface area (Å²) in [5.74, 6) is 2.15. The molecular formula is C21H32N4O3. The van der Waals surface area contributed by atoms with Crippen LogP contribution in [-0.4, -0.2) is 80.8 Å². The van der Waals surface area contributed by atoms with Gasteiger partial charge in [-0.1, -0.05) is 18.2 Å². The van der Waals surface area contributed by atoms with E-state index in [4.69, 9.17) is 9.47 Å². The molecule has 7 nitrogen and oxygen atoms in total. The molecule has 2 aliphatic heterocycles. The second-order valence-corrected chi connectivity index (χ2v) is 7.37. The molecule has 1 aromatic rings. The molecule has 0 aliphatic carbocycles. The molecule has 0 aromatic heterocycles. The Kier molecular flexibility index (Phi) is 7.54. The number of likely N-dealkylation sites (tertiary alicyclic amines) is 1. The number of morpholine rings is 1. The van der Waals surface area contributed by atoms with Crippen molar-refractivity contribution in [2.24, 2.45) is 10.9 Å². The van der Waals surface area contributed by atoms with Gasteiger partial charge in [0, 0.05) is 39.1 Å². The first-order chi connectivity index (χ1) is 13.7. The molecule has 7 heteroatoms. The average Bonchev–Trinajstić information content (AvgIpc) is 2.75. The van der Waals surface area contributed by atoms with E-state index < -0.39 is 0 Å². The van der Waals surface area contributed by atoms with Crippen LogP contribution in [0.15, 0.2) is 35.3 Å². The number of amides is 1. The van der Waals surface area contributed by atoms with Gasteiger partial charge in [0.05, 0.1) is 19.8 Å². The fourth-order valence-corrected chi connectivity index (χ4v) is 3.72. The highest BCUT2D eigenvalue weighted by molar-refractivity contribution is 5.81. The number of rotatable bonds is 5. The smallest absolute Gasteiger partial charge is 0.225 e. The van der Waals surface area contributed by atoms with Gasteiger partial charge in [-0.05, 0) is 31.9 Å². The Morgan fingerprint density at radius 3 is 2.50 bits per heavy atom. The number of benzene rings is 1. The molecule has 0 radical (unpaired) electrons. The van der Waals surface area contributed by atoms with Crippen molar-refractivity contribution in [1.29, 1.82) is 0 Å². The Labute approximate surface area is 167 Å². The Morgan fingerprint density at radius 1 is 1.18 bits per heavy atom. The van der Waals surface area contributed by atoms with Crippen LogP contribution in [0.1, 0.15) is 19.8 Å². The molecule has 2 saturated heterocycles. The molecule has 0 bridgehead atoms. The Morgan fingerprint density at radius 2 is 1.86 bits per heavy atom. The summed E-state index contributed by atoms with van der Waals surface area (Å²) in [7, 11) is 1.80. The zero-order valence-electron chi connectivity index (χ0n) is 17.0. The quantitative estimate of drug-likeness (QED) is 0.613. The van der Waals surface area contributed by atoms with Crippen molar-refractivity contribution in [1.82, 2.24) is 15.1 Å². The molecule has 2 aliphatic rings. The summed E-state index contributed by atoms with van der Waals surface area (Å²) in [6.07, 6.45) is 1.76. The number of nitrogens with one attached hydrogen (secondary N) is 1. The molecule has 2 heterocycles. The highest BCUT2D eigenvalue weighted by atomic mass is 16.5. The Hall–Kier alpha value is -2.28. The number of carbonyl (C=O) groups is 1. The normalized spacial score (nSPS) is 20.0. The van der Waals surface area contributed by atoms with Crippen molar-refractivity contribution in [3.05, 3.63) is 30.3 Å². The van der Waals surface area contributed by atoms with Crippen LogP contribution in [-0.2, 0) is 9.53 Å². The molecule has 1 N–H and O–H groups in total. The average molecular weight is 389 g/mol. The zero-order chi connectivity index (χ0) is 19.8. The van der Waals surface area contributed by atoms with E-state index in [0.717, 1.165) is 50.7 Å².